The van der Waals surface area contributed by atoms with Gasteiger partial charge >= 0.3 is 0 Å². The van der Waals surface area contributed by atoms with Crippen molar-refractivity contribution in [1.82, 2.24) is 15.5 Å². The fourth-order valence-electron chi connectivity index (χ4n) is 2.11. The molecule has 1 rings (SSSR count). The van der Waals surface area contributed by atoms with Crippen LogP contribution in [0.3, 0.4) is 0 Å². The van der Waals surface area contributed by atoms with Gasteiger partial charge < -0.3 is 15.5 Å². The molecule has 1 fully saturated rings. The molecular weight excluding hydrogens is 383 g/mol. The molecule has 120 valence electrons. The highest BCUT2D eigenvalue weighted by Gasteiger charge is 2.16. The minimum atomic E-state index is 0. The van der Waals surface area contributed by atoms with Crippen LogP contribution in [0.5, 0.6) is 0 Å². The normalized spacial score (nSPS) is 16.9. The third-order valence-electron chi connectivity index (χ3n) is 3.60. The Morgan fingerprint density at radius 3 is 2.45 bits per heavy atom. The summed E-state index contributed by atoms with van der Waals surface area (Å²) in [5.41, 5.74) is 0. The smallest absolute Gasteiger partial charge is 0.191 e. The molecule has 1 heterocycles. The first kappa shape index (κ1) is 20.3. The van der Waals surface area contributed by atoms with E-state index in [1.165, 1.54) is 38.9 Å². The van der Waals surface area contributed by atoms with E-state index in [0.29, 0.717) is 0 Å². The lowest BCUT2D eigenvalue weighted by atomic mass is 10.2. The molecule has 1 aliphatic heterocycles. The van der Waals surface area contributed by atoms with Gasteiger partial charge in [0.15, 0.2) is 5.96 Å². The molecule has 0 aromatic carbocycles. The molecule has 0 unspecified atom stereocenters. The van der Waals surface area contributed by atoms with Gasteiger partial charge in [-0.05, 0) is 59.0 Å². The van der Waals surface area contributed by atoms with Crippen LogP contribution in [0.4, 0.5) is 0 Å². The monoisotopic (exact) mass is 414 g/mol. The predicted molar refractivity (Wildman–Crippen MR) is 103 cm³/mol. The van der Waals surface area contributed by atoms with Crippen LogP contribution in [0.15, 0.2) is 4.99 Å². The quantitative estimate of drug-likeness (QED) is 0.291. The van der Waals surface area contributed by atoms with Gasteiger partial charge in [0.05, 0.1) is 0 Å². The summed E-state index contributed by atoms with van der Waals surface area (Å²) in [6, 6.07) is 0. The molecule has 0 saturated carbocycles. The summed E-state index contributed by atoms with van der Waals surface area (Å²) in [4.78, 5) is 6.82. The number of likely N-dealkylation sites (tertiary alicyclic amines) is 1. The third kappa shape index (κ3) is 8.56. The lowest BCUT2D eigenvalue weighted by molar-refractivity contribution is 0.334. The van der Waals surface area contributed by atoms with Crippen LogP contribution in [0.2, 0.25) is 0 Å². The first-order valence-electron chi connectivity index (χ1n) is 7.29. The van der Waals surface area contributed by atoms with Gasteiger partial charge in [0.2, 0.25) is 0 Å². The zero-order valence-corrected chi connectivity index (χ0v) is 16.5. The van der Waals surface area contributed by atoms with Gasteiger partial charge in [-0.3, -0.25) is 4.99 Å². The maximum absolute atomic E-state index is 4.27. The third-order valence-corrected chi connectivity index (χ3v) is 4.85. The number of thioether (sulfide) groups is 1. The largest absolute Gasteiger partial charge is 0.356 e. The molecule has 6 heteroatoms. The van der Waals surface area contributed by atoms with Crippen molar-refractivity contribution < 1.29 is 0 Å². The summed E-state index contributed by atoms with van der Waals surface area (Å²) in [7, 11) is 1.84. The molecule has 1 aliphatic rings. The minimum absolute atomic E-state index is 0. The Balaban J connectivity index is 0.00000361. The van der Waals surface area contributed by atoms with Gasteiger partial charge in [0, 0.05) is 24.9 Å². The van der Waals surface area contributed by atoms with E-state index in [-0.39, 0.29) is 28.7 Å². The first-order chi connectivity index (χ1) is 9.07. The van der Waals surface area contributed by atoms with Crippen LogP contribution in [-0.2, 0) is 0 Å². The van der Waals surface area contributed by atoms with Crippen molar-refractivity contribution in [1.29, 1.82) is 0 Å². The summed E-state index contributed by atoms with van der Waals surface area (Å²) in [5.74, 6) is 0.920. The average Bonchev–Trinajstić information content (AvgIpc) is 2.91. The highest BCUT2D eigenvalue weighted by molar-refractivity contribution is 14.0. The number of nitrogens with one attached hydrogen (secondary N) is 2. The number of hydrogen-bond donors (Lipinski definition) is 2. The molecule has 4 nitrogen and oxygen atoms in total. The Morgan fingerprint density at radius 2 is 1.90 bits per heavy atom. The Labute approximate surface area is 145 Å². The van der Waals surface area contributed by atoms with Gasteiger partial charge in [-0.2, -0.15) is 11.8 Å². The fraction of sp³-hybridized carbons (Fsp3) is 0.929. The number of aliphatic imine (C=N–C) groups is 1. The molecule has 1 saturated heterocycles. The Hall–Kier alpha value is 0.310. The highest BCUT2D eigenvalue weighted by Crippen LogP contribution is 2.19. The van der Waals surface area contributed by atoms with Gasteiger partial charge in [0.1, 0.15) is 0 Å². The second-order valence-electron chi connectivity index (χ2n) is 5.72. The van der Waals surface area contributed by atoms with Crippen LogP contribution in [0.25, 0.3) is 0 Å². The maximum atomic E-state index is 4.27. The Kier molecular flexibility index (Phi) is 11.1. The molecule has 0 amide bonds. The predicted octanol–water partition coefficient (Wildman–Crippen LogP) is 2.40. The van der Waals surface area contributed by atoms with Crippen molar-refractivity contribution in [3.8, 4) is 0 Å². The van der Waals surface area contributed by atoms with Crippen molar-refractivity contribution in [3.05, 3.63) is 0 Å². The summed E-state index contributed by atoms with van der Waals surface area (Å²) in [5, 5.41) is 6.79. The summed E-state index contributed by atoms with van der Waals surface area (Å²) >= 11 is 1.87. The molecule has 0 atom stereocenters. The molecule has 20 heavy (non-hydrogen) atoms. The zero-order valence-electron chi connectivity index (χ0n) is 13.4. The topological polar surface area (TPSA) is 39.7 Å². The van der Waals surface area contributed by atoms with Crippen LogP contribution < -0.4 is 10.6 Å². The average molecular weight is 414 g/mol. The second kappa shape index (κ2) is 11.0. The van der Waals surface area contributed by atoms with E-state index in [0.717, 1.165) is 19.0 Å². The van der Waals surface area contributed by atoms with E-state index in [9.17, 15) is 0 Å². The molecular formula is C14H31IN4S. The summed E-state index contributed by atoms with van der Waals surface area (Å²) < 4.78 is 0.243. The molecule has 0 spiro atoms. The van der Waals surface area contributed by atoms with Crippen molar-refractivity contribution in [2.45, 2.75) is 37.9 Å². The van der Waals surface area contributed by atoms with E-state index >= 15 is 0 Å². The molecule has 2 N–H and O–H groups in total. The van der Waals surface area contributed by atoms with Crippen LogP contribution in [0, 0.1) is 0 Å². The van der Waals surface area contributed by atoms with Gasteiger partial charge in [-0.1, -0.05) is 0 Å². The minimum Gasteiger partial charge on any atom is -0.356 e. The van der Waals surface area contributed by atoms with Gasteiger partial charge in [-0.15, -0.1) is 24.0 Å². The second-order valence-corrected chi connectivity index (χ2v) is 7.23. The van der Waals surface area contributed by atoms with Gasteiger partial charge in [-0.25, -0.2) is 0 Å². The van der Waals surface area contributed by atoms with E-state index in [1.54, 1.807) is 0 Å². The number of nitrogens with zero attached hydrogens (tertiary/aromatic N) is 2. The van der Waals surface area contributed by atoms with Crippen LogP contribution in [0.1, 0.15) is 33.1 Å². The van der Waals surface area contributed by atoms with Crippen LogP contribution >= 0.6 is 35.7 Å². The Bertz CT molecular complexity index is 278. The molecule has 0 radical (unpaired) electrons. The lowest BCUT2D eigenvalue weighted by Crippen LogP contribution is -2.43. The summed E-state index contributed by atoms with van der Waals surface area (Å²) in [6.45, 7) is 10.2. The van der Waals surface area contributed by atoms with E-state index < -0.39 is 0 Å². The van der Waals surface area contributed by atoms with E-state index in [2.05, 4.69) is 40.6 Å². The maximum Gasteiger partial charge on any atom is 0.191 e. The molecule has 0 aromatic rings. The molecule has 0 aliphatic carbocycles. The zero-order chi connectivity index (χ0) is 14.1. The number of rotatable bonds is 7. The van der Waals surface area contributed by atoms with Crippen LogP contribution in [-0.4, -0.2) is 61.6 Å². The highest BCUT2D eigenvalue weighted by atomic mass is 127. The number of halogens is 1. The first-order valence-corrected chi connectivity index (χ1v) is 8.52. The Morgan fingerprint density at radius 1 is 1.25 bits per heavy atom. The van der Waals surface area contributed by atoms with Crippen molar-refractivity contribution in [2.24, 2.45) is 4.99 Å². The lowest BCUT2D eigenvalue weighted by Gasteiger charge is -2.24. The van der Waals surface area contributed by atoms with Gasteiger partial charge in [0.25, 0.3) is 0 Å². The number of hydrogen-bond acceptors (Lipinski definition) is 3. The van der Waals surface area contributed by atoms with Crippen molar-refractivity contribution in [2.75, 3.05) is 46.0 Å². The molecule has 0 bridgehead atoms. The number of guanidine groups is 1. The fourth-order valence-corrected chi connectivity index (χ4v) is 2.32. The van der Waals surface area contributed by atoms with E-state index in [1.807, 2.05) is 18.8 Å². The summed E-state index contributed by atoms with van der Waals surface area (Å²) in [6.07, 6.45) is 6.08. The van der Waals surface area contributed by atoms with Crippen molar-refractivity contribution in [3.63, 3.8) is 0 Å². The molecule has 0 aromatic heterocycles. The van der Waals surface area contributed by atoms with E-state index in [4.69, 9.17) is 0 Å². The van der Waals surface area contributed by atoms with Crippen molar-refractivity contribution >= 4 is 41.7 Å². The SMILES string of the molecule is CN=C(NCCCN1CCCC1)NCC(C)(C)SC.I. The standard InChI is InChI=1S/C14H30N4S.HI/c1-14(2,19-4)12-17-13(15-3)16-8-7-11-18-9-5-6-10-18;/h5-12H2,1-4H3,(H2,15,16,17);1H.